The first-order valence-electron chi connectivity index (χ1n) is 9.02. The summed E-state index contributed by atoms with van der Waals surface area (Å²) in [4.78, 5) is 29.3. The van der Waals surface area contributed by atoms with Gasteiger partial charge in [0.15, 0.2) is 11.2 Å². The Balaban J connectivity index is 1.53. The lowest BCUT2D eigenvalue weighted by Crippen LogP contribution is -2.32. The molecule has 0 saturated heterocycles. The normalized spacial score (nSPS) is 10.9. The minimum Gasteiger partial charge on any atom is -0.497 e. The highest BCUT2D eigenvalue weighted by molar-refractivity contribution is 9.10. The number of amides is 1. The Morgan fingerprint density at radius 2 is 1.93 bits per heavy atom. The molecule has 4 aromatic rings. The average Bonchev–Trinajstić information content (AvgIpc) is 3.20. The minimum absolute atomic E-state index is 0.0897. The van der Waals surface area contributed by atoms with E-state index in [2.05, 4.69) is 36.5 Å². The van der Waals surface area contributed by atoms with E-state index in [4.69, 9.17) is 4.74 Å². The Labute approximate surface area is 179 Å². The second-order valence-corrected chi connectivity index (χ2v) is 7.27. The Morgan fingerprint density at radius 3 is 2.67 bits per heavy atom. The highest BCUT2D eigenvalue weighted by Crippen LogP contribution is 2.17. The smallest absolute Gasteiger partial charge is 0.284 e. The Bertz CT molecular complexity index is 1270. The van der Waals surface area contributed by atoms with Crippen molar-refractivity contribution in [3.05, 3.63) is 75.2 Å². The van der Waals surface area contributed by atoms with Gasteiger partial charge in [0, 0.05) is 11.0 Å². The van der Waals surface area contributed by atoms with E-state index < -0.39 is 5.56 Å². The van der Waals surface area contributed by atoms with Crippen molar-refractivity contribution in [3.63, 3.8) is 0 Å². The van der Waals surface area contributed by atoms with Gasteiger partial charge < -0.3 is 10.1 Å². The molecule has 2 aromatic carbocycles. The number of halogens is 1. The van der Waals surface area contributed by atoms with E-state index >= 15 is 0 Å². The van der Waals surface area contributed by atoms with Gasteiger partial charge in [-0.05, 0) is 35.9 Å². The van der Waals surface area contributed by atoms with Crippen LogP contribution in [0.2, 0.25) is 0 Å². The van der Waals surface area contributed by atoms with Crippen LogP contribution in [0.1, 0.15) is 5.56 Å². The zero-order chi connectivity index (χ0) is 21.1. The van der Waals surface area contributed by atoms with Crippen LogP contribution < -0.4 is 15.6 Å². The highest BCUT2D eigenvalue weighted by Gasteiger charge is 2.15. The van der Waals surface area contributed by atoms with Crippen molar-refractivity contribution in [1.82, 2.24) is 29.9 Å². The topological polar surface area (TPSA) is 104 Å². The van der Waals surface area contributed by atoms with Crippen LogP contribution >= 0.6 is 15.9 Å². The van der Waals surface area contributed by atoms with Crippen molar-refractivity contribution in [1.29, 1.82) is 0 Å². The molecule has 30 heavy (non-hydrogen) atoms. The Kier molecular flexibility index (Phi) is 5.57. The Morgan fingerprint density at radius 1 is 1.17 bits per heavy atom. The average molecular weight is 469 g/mol. The van der Waals surface area contributed by atoms with E-state index in [-0.39, 0.29) is 18.0 Å². The summed E-state index contributed by atoms with van der Waals surface area (Å²) in [5.41, 5.74) is 1.60. The van der Waals surface area contributed by atoms with Gasteiger partial charge in [0.2, 0.25) is 5.91 Å². The summed E-state index contributed by atoms with van der Waals surface area (Å²) in [6.45, 7) is 0.181. The van der Waals surface area contributed by atoms with Crippen LogP contribution in [0.15, 0.2) is 64.1 Å². The van der Waals surface area contributed by atoms with Crippen molar-refractivity contribution in [2.24, 2.45) is 0 Å². The quantitative estimate of drug-likeness (QED) is 0.464. The first-order chi connectivity index (χ1) is 14.6. The third-order valence-electron chi connectivity index (χ3n) is 4.49. The maximum Gasteiger partial charge on any atom is 0.284 e. The van der Waals surface area contributed by atoms with Crippen molar-refractivity contribution in [2.75, 3.05) is 7.11 Å². The summed E-state index contributed by atoms with van der Waals surface area (Å²) in [7, 11) is 1.58. The molecule has 0 saturated carbocycles. The van der Waals surface area contributed by atoms with E-state index in [1.165, 1.54) is 15.6 Å². The van der Waals surface area contributed by atoms with Crippen LogP contribution in [-0.2, 0) is 17.9 Å². The predicted molar refractivity (Wildman–Crippen MR) is 113 cm³/mol. The van der Waals surface area contributed by atoms with Crippen molar-refractivity contribution in [3.8, 4) is 11.4 Å². The summed E-state index contributed by atoms with van der Waals surface area (Å²) in [6.07, 6.45) is 1.33. The molecule has 2 heterocycles. The van der Waals surface area contributed by atoms with Gasteiger partial charge in [0.25, 0.3) is 5.56 Å². The predicted octanol–water partition coefficient (Wildman–Crippen LogP) is 2.06. The summed E-state index contributed by atoms with van der Waals surface area (Å²) in [5, 5.41) is 10.8. The van der Waals surface area contributed by atoms with Crippen LogP contribution in [-0.4, -0.2) is 37.6 Å². The van der Waals surface area contributed by atoms with Gasteiger partial charge in [0.1, 0.15) is 18.6 Å². The lowest BCUT2D eigenvalue weighted by Gasteiger charge is -2.08. The number of hydrogen-bond donors (Lipinski definition) is 1. The molecule has 0 aliphatic carbocycles. The number of methoxy groups -OCH3 is 1. The summed E-state index contributed by atoms with van der Waals surface area (Å²) in [5.74, 6) is 0.392. The van der Waals surface area contributed by atoms with Gasteiger partial charge in [-0.15, -0.1) is 5.10 Å². The van der Waals surface area contributed by atoms with Crippen molar-refractivity contribution < 1.29 is 9.53 Å². The number of nitrogens with zero attached hydrogens (tertiary/aromatic N) is 5. The largest absolute Gasteiger partial charge is 0.497 e. The van der Waals surface area contributed by atoms with E-state index in [9.17, 15) is 9.59 Å². The standard InChI is InChI=1S/C20H17BrN6O3/c1-30-15-8-6-14(7-9-15)27-19-18(24-25-27)20(29)26(12-23-19)11-17(28)22-10-13-4-2-3-5-16(13)21/h2-9,12H,10-11H2,1H3,(H,22,28). The molecule has 0 fully saturated rings. The molecule has 1 amide bonds. The number of rotatable bonds is 6. The molecule has 10 heteroatoms. The van der Waals surface area contributed by atoms with Gasteiger partial charge in [-0.3, -0.25) is 14.2 Å². The van der Waals surface area contributed by atoms with Crippen LogP contribution in [0, 0.1) is 0 Å². The van der Waals surface area contributed by atoms with Gasteiger partial charge in [-0.2, -0.15) is 4.68 Å². The third kappa shape index (κ3) is 3.94. The molecule has 1 N–H and O–H groups in total. The highest BCUT2D eigenvalue weighted by atomic mass is 79.9. The van der Waals surface area contributed by atoms with Crippen molar-refractivity contribution in [2.45, 2.75) is 13.1 Å². The molecule has 0 aliphatic heterocycles. The molecule has 9 nitrogen and oxygen atoms in total. The maximum absolute atomic E-state index is 12.7. The minimum atomic E-state index is -0.434. The number of carbonyl (C=O) groups excluding carboxylic acids is 1. The fourth-order valence-corrected chi connectivity index (χ4v) is 3.33. The molecule has 0 bridgehead atoms. The second kappa shape index (κ2) is 8.46. The summed E-state index contributed by atoms with van der Waals surface area (Å²) in [6, 6.07) is 14.7. The number of carbonyl (C=O) groups is 1. The van der Waals surface area contributed by atoms with E-state index in [0.29, 0.717) is 23.6 Å². The Hall–Kier alpha value is -3.53. The van der Waals surface area contributed by atoms with Crippen LogP contribution in [0.3, 0.4) is 0 Å². The number of hydrogen-bond acceptors (Lipinski definition) is 6. The van der Waals surface area contributed by atoms with Crippen molar-refractivity contribution >= 4 is 33.0 Å². The lowest BCUT2D eigenvalue weighted by atomic mass is 10.2. The fraction of sp³-hybridized carbons (Fsp3) is 0.150. The SMILES string of the molecule is COc1ccc(-n2nnc3c(=O)n(CC(=O)NCc4ccccc4Br)cnc32)cc1. The van der Waals surface area contributed by atoms with Crippen LogP contribution in [0.4, 0.5) is 0 Å². The number of nitrogens with one attached hydrogen (secondary N) is 1. The molecule has 0 spiro atoms. The molecular weight excluding hydrogens is 452 g/mol. The van der Waals surface area contributed by atoms with E-state index in [1.807, 2.05) is 24.3 Å². The first kappa shape index (κ1) is 19.8. The number of fused-ring (bicyclic) bond motifs is 1. The molecule has 2 aromatic heterocycles. The lowest BCUT2D eigenvalue weighted by molar-refractivity contribution is -0.121. The molecule has 152 valence electrons. The van der Waals surface area contributed by atoms with Gasteiger partial charge in [-0.25, -0.2) is 4.98 Å². The van der Waals surface area contributed by atoms with Crippen LogP contribution in [0.5, 0.6) is 5.75 Å². The molecule has 4 rings (SSSR count). The van der Waals surface area contributed by atoms with Gasteiger partial charge >= 0.3 is 0 Å². The van der Waals surface area contributed by atoms with E-state index in [1.54, 1.807) is 31.4 Å². The number of benzene rings is 2. The zero-order valence-electron chi connectivity index (χ0n) is 15.9. The fourth-order valence-electron chi connectivity index (χ4n) is 2.90. The third-order valence-corrected chi connectivity index (χ3v) is 5.27. The molecule has 0 atom stereocenters. The van der Waals surface area contributed by atoms with Crippen LogP contribution in [0.25, 0.3) is 16.9 Å². The number of ether oxygens (including phenoxy) is 1. The zero-order valence-corrected chi connectivity index (χ0v) is 17.5. The second-order valence-electron chi connectivity index (χ2n) is 6.42. The van der Waals surface area contributed by atoms with E-state index in [0.717, 1.165) is 10.0 Å². The molecule has 0 unspecified atom stereocenters. The monoisotopic (exact) mass is 468 g/mol. The molecular formula is C20H17BrN6O3. The summed E-state index contributed by atoms with van der Waals surface area (Å²) < 4.78 is 8.73. The van der Waals surface area contributed by atoms with Gasteiger partial charge in [0.05, 0.1) is 12.8 Å². The first-order valence-corrected chi connectivity index (χ1v) is 9.81. The molecule has 0 aliphatic rings. The summed E-state index contributed by atoms with van der Waals surface area (Å²) >= 11 is 3.44. The van der Waals surface area contributed by atoms with Gasteiger partial charge in [-0.1, -0.05) is 39.3 Å². The maximum atomic E-state index is 12.7. The number of aromatic nitrogens is 5. The molecule has 0 radical (unpaired) electrons.